The zero-order valence-corrected chi connectivity index (χ0v) is 10.2. The fraction of sp³-hybridized carbons (Fsp3) is 0.444. The van der Waals surface area contributed by atoms with Crippen molar-refractivity contribution in [3.05, 3.63) is 11.5 Å². The fourth-order valence-electron chi connectivity index (χ4n) is 1.63. The van der Waals surface area contributed by atoms with Gasteiger partial charge in [0.2, 0.25) is 5.28 Å². The van der Waals surface area contributed by atoms with Gasteiger partial charge >= 0.3 is 6.18 Å². The van der Waals surface area contributed by atoms with Gasteiger partial charge in [-0.3, -0.25) is 5.10 Å². The van der Waals surface area contributed by atoms with Crippen LogP contribution in [-0.2, 0) is 0 Å². The van der Waals surface area contributed by atoms with E-state index in [0.717, 1.165) is 4.90 Å². The van der Waals surface area contributed by atoms with Crippen LogP contribution in [0.4, 0.5) is 19.0 Å². The van der Waals surface area contributed by atoms with Crippen LogP contribution in [0, 0.1) is 0 Å². The Morgan fingerprint density at radius 2 is 2.11 bits per heavy atom. The standard InChI is InChI=1S/C9H9ClF3N5O/c10-8-15-6-5(3-14-17-6)7(16-8)18(1-2-19)4-9(11,12)13/h3,19H,1-2,4H2,(H,14,15,16,17). The Bertz CT molecular complexity index is 572. The van der Waals surface area contributed by atoms with E-state index in [1.807, 2.05) is 0 Å². The summed E-state index contributed by atoms with van der Waals surface area (Å²) in [4.78, 5) is 8.47. The van der Waals surface area contributed by atoms with Crippen LogP contribution in [-0.4, -0.2) is 51.1 Å². The Balaban J connectivity index is 2.45. The van der Waals surface area contributed by atoms with Gasteiger partial charge in [-0.2, -0.15) is 28.2 Å². The van der Waals surface area contributed by atoms with E-state index in [0.29, 0.717) is 5.39 Å². The van der Waals surface area contributed by atoms with Gasteiger partial charge in [0.25, 0.3) is 0 Å². The fourth-order valence-corrected chi connectivity index (χ4v) is 1.80. The second-order valence-electron chi connectivity index (χ2n) is 3.71. The van der Waals surface area contributed by atoms with Crippen molar-refractivity contribution in [3.8, 4) is 0 Å². The van der Waals surface area contributed by atoms with E-state index in [2.05, 4.69) is 20.2 Å². The van der Waals surface area contributed by atoms with Gasteiger partial charge in [0.15, 0.2) is 5.65 Å². The number of fused-ring (bicyclic) bond motifs is 1. The number of hydrogen-bond donors (Lipinski definition) is 2. The first kappa shape index (κ1) is 13.8. The average molecular weight is 296 g/mol. The highest BCUT2D eigenvalue weighted by Gasteiger charge is 2.32. The molecule has 0 fully saturated rings. The first-order valence-electron chi connectivity index (χ1n) is 5.20. The summed E-state index contributed by atoms with van der Waals surface area (Å²) < 4.78 is 37.6. The zero-order valence-electron chi connectivity index (χ0n) is 9.45. The predicted molar refractivity (Wildman–Crippen MR) is 62.0 cm³/mol. The highest BCUT2D eigenvalue weighted by molar-refractivity contribution is 6.28. The molecule has 2 heterocycles. The van der Waals surface area contributed by atoms with Gasteiger partial charge in [-0.05, 0) is 11.6 Å². The maximum Gasteiger partial charge on any atom is 0.405 e. The minimum Gasteiger partial charge on any atom is -0.395 e. The molecular weight excluding hydrogens is 287 g/mol. The van der Waals surface area contributed by atoms with Gasteiger partial charge in [-0.25, -0.2) is 0 Å². The maximum absolute atomic E-state index is 12.5. The number of anilines is 1. The number of rotatable bonds is 4. The summed E-state index contributed by atoms with van der Waals surface area (Å²) in [5.74, 6) is -0.0184. The van der Waals surface area contributed by atoms with E-state index in [9.17, 15) is 13.2 Å². The molecule has 104 valence electrons. The minimum absolute atomic E-state index is 0.0184. The summed E-state index contributed by atoms with van der Waals surface area (Å²) in [6.07, 6.45) is -3.12. The molecule has 0 aromatic carbocycles. The van der Waals surface area contributed by atoms with Crippen molar-refractivity contribution in [1.82, 2.24) is 20.2 Å². The highest BCUT2D eigenvalue weighted by atomic mass is 35.5. The first-order chi connectivity index (χ1) is 8.90. The normalized spacial score (nSPS) is 12.1. The number of nitrogens with zero attached hydrogens (tertiary/aromatic N) is 4. The molecule has 2 aromatic rings. The summed E-state index contributed by atoms with van der Waals surface area (Å²) in [6, 6.07) is 0. The summed E-state index contributed by atoms with van der Waals surface area (Å²) in [5, 5.41) is 15.2. The van der Waals surface area contributed by atoms with E-state index in [1.165, 1.54) is 6.20 Å². The zero-order chi connectivity index (χ0) is 14.0. The van der Waals surface area contributed by atoms with Crippen LogP contribution in [0.25, 0.3) is 11.0 Å². The molecule has 0 atom stereocenters. The van der Waals surface area contributed by atoms with Crippen LogP contribution in [0.1, 0.15) is 0 Å². The molecule has 2 N–H and O–H groups in total. The van der Waals surface area contributed by atoms with E-state index in [1.54, 1.807) is 0 Å². The maximum atomic E-state index is 12.5. The van der Waals surface area contributed by atoms with Crippen LogP contribution in [0.2, 0.25) is 5.28 Å². The number of alkyl halides is 3. The lowest BCUT2D eigenvalue weighted by molar-refractivity contribution is -0.119. The number of aliphatic hydroxyl groups is 1. The van der Waals surface area contributed by atoms with E-state index in [-0.39, 0.29) is 23.3 Å². The largest absolute Gasteiger partial charge is 0.405 e. The van der Waals surface area contributed by atoms with Crippen LogP contribution >= 0.6 is 11.6 Å². The molecule has 19 heavy (non-hydrogen) atoms. The molecule has 6 nitrogen and oxygen atoms in total. The third kappa shape index (κ3) is 3.24. The molecule has 10 heteroatoms. The van der Waals surface area contributed by atoms with Crippen LogP contribution in [0.3, 0.4) is 0 Å². The Morgan fingerprint density at radius 1 is 1.37 bits per heavy atom. The van der Waals surface area contributed by atoms with Gasteiger partial charge < -0.3 is 10.0 Å². The van der Waals surface area contributed by atoms with Crippen molar-refractivity contribution in [1.29, 1.82) is 0 Å². The summed E-state index contributed by atoms with van der Waals surface area (Å²) in [5.41, 5.74) is 0.236. The topological polar surface area (TPSA) is 77.9 Å². The second-order valence-corrected chi connectivity index (χ2v) is 4.05. The Hall–Kier alpha value is -1.61. The Labute approximate surface area is 110 Å². The number of aliphatic hydroxyl groups excluding tert-OH is 1. The molecule has 2 rings (SSSR count). The summed E-state index contributed by atoms with van der Waals surface area (Å²) >= 11 is 5.66. The molecule has 0 aliphatic heterocycles. The number of aromatic nitrogens is 4. The number of aromatic amines is 1. The number of nitrogens with one attached hydrogen (secondary N) is 1. The molecule has 0 amide bonds. The van der Waals surface area contributed by atoms with Gasteiger partial charge in [-0.1, -0.05) is 0 Å². The Morgan fingerprint density at radius 3 is 2.74 bits per heavy atom. The summed E-state index contributed by atoms with van der Waals surface area (Å²) in [6.45, 7) is -1.93. The van der Waals surface area contributed by atoms with Crippen molar-refractivity contribution in [2.45, 2.75) is 6.18 Å². The van der Waals surface area contributed by atoms with Crippen molar-refractivity contribution >= 4 is 28.5 Å². The van der Waals surface area contributed by atoms with E-state index < -0.39 is 19.3 Å². The molecular formula is C9H9ClF3N5O. The van der Waals surface area contributed by atoms with Gasteiger partial charge in [0.05, 0.1) is 18.2 Å². The third-order valence-corrected chi connectivity index (χ3v) is 2.47. The van der Waals surface area contributed by atoms with Crippen LogP contribution < -0.4 is 4.90 Å². The van der Waals surface area contributed by atoms with Crippen LogP contribution in [0.5, 0.6) is 0 Å². The van der Waals surface area contributed by atoms with Gasteiger partial charge in [0, 0.05) is 6.54 Å². The lowest BCUT2D eigenvalue weighted by Crippen LogP contribution is -2.37. The Kier molecular flexibility index (Phi) is 3.76. The lowest BCUT2D eigenvalue weighted by atomic mass is 10.3. The van der Waals surface area contributed by atoms with Gasteiger partial charge in [0.1, 0.15) is 12.4 Å². The molecule has 0 aliphatic carbocycles. The molecule has 0 aliphatic rings. The quantitative estimate of drug-likeness (QED) is 0.833. The number of H-pyrrole nitrogens is 1. The average Bonchev–Trinajstić information content (AvgIpc) is 2.73. The molecule has 0 spiro atoms. The minimum atomic E-state index is -4.43. The molecule has 0 bridgehead atoms. The van der Waals surface area contributed by atoms with Crippen LogP contribution in [0.15, 0.2) is 6.20 Å². The lowest BCUT2D eigenvalue weighted by Gasteiger charge is -2.24. The first-order valence-corrected chi connectivity index (χ1v) is 5.57. The number of hydrogen-bond acceptors (Lipinski definition) is 5. The SMILES string of the molecule is OCCN(CC(F)(F)F)c1nc(Cl)nc2[nH]ncc12. The highest BCUT2D eigenvalue weighted by Crippen LogP contribution is 2.26. The number of halogens is 4. The molecule has 0 saturated carbocycles. The molecule has 0 unspecified atom stereocenters. The molecule has 0 saturated heterocycles. The van der Waals surface area contributed by atoms with E-state index in [4.69, 9.17) is 16.7 Å². The summed E-state index contributed by atoms with van der Waals surface area (Å²) in [7, 11) is 0. The molecule has 0 radical (unpaired) electrons. The predicted octanol–water partition coefficient (Wildman–Crippen LogP) is 1.37. The van der Waals surface area contributed by atoms with Gasteiger partial charge in [-0.15, -0.1) is 0 Å². The smallest absolute Gasteiger partial charge is 0.395 e. The third-order valence-electron chi connectivity index (χ3n) is 2.30. The van der Waals surface area contributed by atoms with Crippen molar-refractivity contribution < 1.29 is 18.3 Å². The van der Waals surface area contributed by atoms with Crippen molar-refractivity contribution in [3.63, 3.8) is 0 Å². The molecule has 2 aromatic heterocycles. The monoisotopic (exact) mass is 295 g/mol. The van der Waals surface area contributed by atoms with Crippen molar-refractivity contribution in [2.24, 2.45) is 0 Å². The second kappa shape index (κ2) is 5.17. The van der Waals surface area contributed by atoms with Crippen molar-refractivity contribution in [2.75, 3.05) is 24.6 Å². The van der Waals surface area contributed by atoms with E-state index >= 15 is 0 Å².